The molecule has 0 radical (unpaired) electrons. The third-order valence-electron chi connectivity index (χ3n) is 6.67. The number of aromatic nitrogens is 2. The Kier molecular flexibility index (Phi) is 6.08. The van der Waals surface area contributed by atoms with Crippen LogP contribution in [-0.2, 0) is 13.6 Å². The van der Waals surface area contributed by atoms with Gasteiger partial charge in [0.25, 0.3) is 11.8 Å². The van der Waals surface area contributed by atoms with Gasteiger partial charge in [0.15, 0.2) is 0 Å². The van der Waals surface area contributed by atoms with Gasteiger partial charge >= 0.3 is 0 Å². The number of nitrogens with one attached hydrogen (secondary N) is 1. The third kappa shape index (κ3) is 4.30. The molecule has 9 heteroatoms. The smallest absolute Gasteiger partial charge is 0.294 e. The SMILES string of the molecule is Cn1cc(C(=O)N2CCC(c3cc(CN)ccc3F)CC2)c2c(NC(=O)c3ccno3)cccc21. The molecule has 1 saturated heterocycles. The number of hydrogen-bond acceptors (Lipinski definition) is 5. The molecule has 2 aromatic heterocycles. The van der Waals surface area contributed by atoms with Crippen LogP contribution < -0.4 is 11.1 Å². The summed E-state index contributed by atoms with van der Waals surface area (Å²) in [4.78, 5) is 27.9. The van der Waals surface area contributed by atoms with E-state index < -0.39 is 5.91 Å². The van der Waals surface area contributed by atoms with Crippen molar-refractivity contribution in [3.63, 3.8) is 0 Å². The van der Waals surface area contributed by atoms with Crippen molar-refractivity contribution in [3.8, 4) is 0 Å². The number of rotatable bonds is 5. The second kappa shape index (κ2) is 9.34. The van der Waals surface area contributed by atoms with Gasteiger partial charge in [-0.3, -0.25) is 9.59 Å². The standard InChI is InChI=1S/C26H26FN5O3/c1-31-15-19(24-21(3-2-4-22(24)31)30-25(33)23-7-10-29-35-23)26(34)32-11-8-17(9-12-32)18-13-16(14-28)5-6-20(18)27/h2-7,10,13,15,17H,8-9,11-12,14,28H2,1H3,(H,30,33). The number of carbonyl (C=O) groups excluding carboxylic acids is 2. The molecule has 5 rings (SSSR count). The molecule has 8 nitrogen and oxygen atoms in total. The van der Waals surface area contributed by atoms with E-state index in [2.05, 4.69) is 10.5 Å². The highest BCUT2D eigenvalue weighted by molar-refractivity contribution is 6.15. The molecular weight excluding hydrogens is 449 g/mol. The average Bonchev–Trinajstić information content (AvgIpc) is 3.53. The van der Waals surface area contributed by atoms with Gasteiger partial charge in [0.2, 0.25) is 5.76 Å². The highest BCUT2D eigenvalue weighted by Gasteiger charge is 2.29. The summed E-state index contributed by atoms with van der Waals surface area (Å²) in [5.74, 6) is -0.673. The number of halogens is 1. The van der Waals surface area contributed by atoms with Crippen molar-refractivity contribution >= 4 is 28.4 Å². The number of amides is 2. The zero-order valence-corrected chi connectivity index (χ0v) is 19.3. The van der Waals surface area contributed by atoms with Gasteiger partial charge in [-0.1, -0.05) is 23.4 Å². The van der Waals surface area contributed by atoms with Crippen LogP contribution in [0, 0.1) is 5.82 Å². The van der Waals surface area contributed by atoms with Gasteiger partial charge in [0.1, 0.15) is 5.82 Å². The first-order chi connectivity index (χ1) is 17.0. The molecule has 1 aliphatic heterocycles. The van der Waals surface area contributed by atoms with Crippen molar-refractivity contribution in [2.45, 2.75) is 25.3 Å². The highest BCUT2D eigenvalue weighted by Crippen LogP contribution is 2.34. The van der Waals surface area contributed by atoms with Crippen LogP contribution in [-0.4, -0.2) is 39.5 Å². The fraction of sp³-hybridized carbons (Fsp3) is 0.269. The second-order valence-electron chi connectivity index (χ2n) is 8.81. The number of hydrogen-bond donors (Lipinski definition) is 2. The molecular formula is C26H26FN5O3. The van der Waals surface area contributed by atoms with E-state index in [-0.39, 0.29) is 23.4 Å². The number of fused-ring (bicyclic) bond motifs is 1. The molecule has 2 aromatic carbocycles. The number of carbonyl (C=O) groups is 2. The molecule has 1 fully saturated rings. The van der Waals surface area contributed by atoms with Crippen molar-refractivity contribution < 1.29 is 18.5 Å². The lowest BCUT2D eigenvalue weighted by atomic mass is 9.88. The lowest BCUT2D eigenvalue weighted by Crippen LogP contribution is -2.38. The van der Waals surface area contributed by atoms with Crippen molar-refractivity contribution in [1.29, 1.82) is 0 Å². The number of aryl methyl sites for hydroxylation is 1. The first-order valence-electron chi connectivity index (χ1n) is 11.5. The van der Waals surface area contributed by atoms with Crippen LogP contribution in [0.4, 0.5) is 10.1 Å². The monoisotopic (exact) mass is 475 g/mol. The van der Waals surface area contributed by atoms with Crippen LogP contribution in [0.5, 0.6) is 0 Å². The van der Waals surface area contributed by atoms with E-state index in [9.17, 15) is 14.0 Å². The summed E-state index contributed by atoms with van der Waals surface area (Å²) in [6, 6.07) is 12.0. The molecule has 0 spiro atoms. The Morgan fingerprint density at radius 2 is 2.00 bits per heavy atom. The topological polar surface area (TPSA) is 106 Å². The largest absolute Gasteiger partial charge is 0.351 e. The van der Waals surface area contributed by atoms with Gasteiger partial charge < -0.3 is 25.0 Å². The summed E-state index contributed by atoms with van der Waals surface area (Å²) in [5.41, 5.74) is 9.14. The molecule has 180 valence electrons. The van der Waals surface area contributed by atoms with Gasteiger partial charge in [0, 0.05) is 44.3 Å². The van der Waals surface area contributed by atoms with Gasteiger partial charge in [-0.2, -0.15) is 0 Å². The molecule has 0 unspecified atom stereocenters. The Labute approximate surface area is 201 Å². The Balaban J connectivity index is 1.38. The summed E-state index contributed by atoms with van der Waals surface area (Å²) in [5, 5.41) is 7.07. The minimum Gasteiger partial charge on any atom is -0.351 e. The van der Waals surface area contributed by atoms with Crippen molar-refractivity contribution in [2.75, 3.05) is 18.4 Å². The molecule has 2 amide bonds. The van der Waals surface area contributed by atoms with Crippen LogP contribution in [0.25, 0.3) is 10.9 Å². The van der Waals surface area contributed by atoms with Crippen molar-refractivity contribution in [1.82, 2.24) is 14.6 Å². The molecule has 3 heterocycles. The highest BCUT2D eigenvalue weighted by atomic mass is 19.1. The number of nitrogens with zero attached hydrogens (tertiary/aromatic N) is 3. The second-order valence-corrected chi connectivity index (χ2v) is 8.81. The maximum absolute atomic E-state index is 14.5. The zero-order chi connectivity index (χ0) is 24.5. The first kappa shape index (κ1) is 22.8. The third-order valence-corrected chi connectivity index (χ3v) is 6.67. The van der Waals surface area contributed by atoms with Gasteiger partial charge in [-0.25, -0.2) is 4.39 Å². The van der Waals surface area contributed by atoms with Crippen LogP contribution in [0.2, 0.25) is 0 Å². The number of piperidine rings is 1. The summed E-state index contributed by atoms with van der Waals surface area (Å²) in [6.07, 6.45) is 4.51. The summed E-state index contributed by atoms with van der Waals surface area (Å²) in [7, 11) is 1.86. The Hall–Kier alpha value is -3.98. The Bertz CT molecular complexity index is 1390. The summed E-state index contributed by atoms with van der Waals surface area (Å²) in [6.45, 7) is 1.39. The number of likely N-dealkylation sites (tertiary alicyclic amines) is 1. The van der Waals surface area contributed by atoms with Gasteiger partial charge in [-0.05, 0) is 48.1 Å². The minimum atomic E-state index is -0.445. The van der Waals surface area contributed by atoms with Crippen LogP contribution >= 0.6 is 0 Å². The molecule has 4 aromatic rings. The molecule has 0 saturated carbocycles. The van der Waals surface area contributed by atoms with E-state index in [1.807, 2.05) is 29.8 Å². The summed E-state index contributed by atoms with van der Waals surface area (Å²) < 4.78 is 21.3. The zero-order valence-electron chi connectivity index (χ0n) is 19.3. The van der Waals surface area contributed by atoms with E-state index in [0.717, 1.165) is 11.1 Å². The number of anilines is 1. The normalized spacial score (nSPS) is 14.4. The molecule has 35 heavy (non-hydrogen) atoms. The first-order valence-corrected chi connectivity index (χ1v) is 11.5. The Morgan fingerprint density at radius 3 is 2.71 bits per heavy atom. The summed E-state index contributed by atoms with van der Waals surface area (Å²) >= 11 is 0. The van der Waals surface area contributed by atoms with E-state index >= 15 is 0 Å². The van der Waals surface area contributed by atoms with Crippen LogP contribution in [0.1, 0.15) is 50.8 Å². The number of nitrogens with two attached hydrogens (primary N) is 1. The molecule has 0 bridgehead atoms. The van der Waals surface area contributed by atoms with E-state index in [0.29, 0.717) is 54.7 Å². The van der Waals surface area contributed by atoms with Crippen LogP contribution in [0.3, 0.4) is 0 Å². The van der Waals surface area contributed by atoms with E-state index in [1.54, 1.807) is 23.2 Å². The van der Waals surface area contributed by atoms with Gasteiger partial charge in [-0.15, -0.1) is 0 Å². The minimum absolute atomic E-state index is 0.0369. The van der Waals surface area contributed by atoms with Crippen molar-refractivity contribution in [2.24, 2.45) is 12.8 Å². The maximum Gasteiger partial charge on any atom is 0.294 e. The molecule has 3 N–H and O–H groups in total. The maximum atomic E-state index is 14.5. The average molecular weight is 476 g/mol. The number of benzene rings is 2. The predicted octanol–water partition coefficient (Wildman–Crippen LogP) is 4.04. The molecule has 0 aliphatic carbocycles. The molecule has 1 aliphatic rings. The lowest BCUT2D eigenvalue weighted by molar-refractivity contribution is 0.0714. The lowest BCUT2D eigenvalue weighted by Gasteiger charge is -2.32. The van der Waals surface area contributed by atoms with Gasteiger partial charge in [0.05, 0.1) is 23.0 Å². The van der Waals surface area contributed by atoms with E-state index in [4.69, 9.17) is 10.3 Å². The van der Waals surface area contributed by atoms with Crippen LogP contribution in [0.15, 0.2) is 59.4 Å². The van der Waals surface area contributed by atoms with E-state index in [1.165, 1.54) is 18.3 Å². The Morgan fingerprint density at radius 1 is 1.20 bits per heavy atom. The quantitative estimate of drug-likeness (QED) is 0.453. The fourth-order valence-corrected chi connectivity index (χ4v) is 4.82. The van der Waals surface area contributed by atoms with Crippen molar-refractivity contribution in [3.05, 3.63) is 83.1 Å². The molecule has 0 atom stereocenters. The fourth-order valence-electron chi connectivity index (χ4n) is 4.82. The predicted molar refractivity (Wildman–Crippen MR) is 130 cm³/mol.